The predicted molar refractivity (Wildman–Crippen MR) is 105 cm³/mol. The van der Waals surface area contributed by atoms with Crippen molar-refractivity contribution in [1.29, 1.82) is 0 Å². The SMILES string of the molecule is Cc1cccc(NC(=O)COC(=O)c2nn(-c3ccccc3C(F)(F)F)cc2O)c1C. The second-order valence-corrected chi connectivity index (χ2v) is 6.69. The average Bonchev–Trinajstić information content (AvgIpc) is 3.10. The van der Waals surface area contributed by atoms with Gasteiger partial charge in [-0.25, -0.2) is 9.48 Å². The van der Waals surface area contributed by atoms with E-state index in [1.807, 2.05) is 19.9 Å². The van der Waals surface area contributed by atoms with Crippen LogP contribution in [0, 0.1) is 13.8 Å². The van der Waals surface area contributed by atoms with Crippen LogP contribution >= 0.6 is 0 Å². The summed E-state index contributed by atoms with van der Waals surface area (Å²) in [5.74, 6) is -2.46. The number of amides is 1. The summed E-state index contributed by atoms with van der Waals surface area (Å²) in [6.07, 6.45) is -3.80. The van der Waals surface area contributed by atoms with Gasteiger partial charge in [-0.05, 0) is 43.2 Å². The lowest BCUT2D eigenvalue weighted by Crippen LogP contribution is -2.21. The predicted octanol–water partition coefficient (Wildman–Crippen LogP) is 4.01. The van der Waals surface area contributed by atoms with Crippen LogP contribution in [0.4, 0.5) is 18.9 Å². The van der Waals surface area contributed by atoms with Crippen LogP contribution in [0.25, 0.3) is 5.69 Å². The van der Waals surface area contributed by atoms with Gasteiger partial charge in [0.1, 0.15) is 0 Å². The van der Waals surface area contributed by atoms with Gasteiger partial charge >= 0.3 is 12.1 Å². The molecule has 10 heteroatoms. The van der Waals surface area contributed by atoms with Gasteiger partial charge in [-0.3, -0.25) is 4.79 Å². The highest BCUT2D eigenvalue weighted by Gasteiger charge is 2.34. The Labute approximate surface area is 175 Å². The molecule has 0 radical (unpaired) electrons. The second kappa shape index (κ2) is 8.50. The van der Waals surface area contributed by atoms with Gasteiger partial charge in [-0.1, -0.05) is 24.3 Å². The van der Waals surface area contributed by atoms with Crippen LogP contribution in [-0.4, -0.2) is 33.4 Å². The molecule has 3 aromatic rings. The van der Waals surface area contributed by atoms with Crippen molar-refractivity contribution in [2.75, 3.05) is 11.9 Å². The van der Waals surface area contributed by atoms with Gasteiger partial charge in [0.25, 0.3) is 5.91 Å². The molecule has 0 saturated heterocycles. The Morgan fingerprint density at radius 1 is 1.13 bits per heavy atom. The highest BCUT2D eigenvalue weighted by Crippen LogP contribution is 2.34. The Hall–Kier alpha value is -3.82. The number of anilines is 1. The smallest absolute Gasteiger partial charge is 0.418 e. The number of aromatic hydroxyl groups is 1. The highest BCUT2D eigenvalue weighted by molar-refractivity contribution is 5.96. The van der Waals surface area contributed by atoms with Crippen LogP contribution in [0.1, 0.15) is 27.2 Å². The number of nitrogens with zero attached hydrogens (tertiary/aromatic N) is 2. The number of carbonyl (C=O) groups is 2. The fourth-order valence-electron chi connectivity index (χ4n) is 2.82. The number of hydrogen-bond acceptors (Lipinski definition) is 5. The largest absolute Gasteiger partial charge is 0.504 e. The van der Waals surface area contributed by atoms with Crippen LogP contribution in [0.15, 0.2) is 48.7 Å². The fourth-order valence-corrected chi connectivity index (χ4v) is 2.82. The molecule has 162 valence electrons. The molecule has 1 aromatic heterocycles. The van der Waals surface area contributed by atoms with E-state index in [4.69, 9.17) is 4.74 Å². The first kappa shape index (κ1) is 21.9. The summed E-state index contributed by atoms with van der Waals surface area (Å²) in [4.78, 5) is 24.3. The van der Waals surface area contributed by atoms with Gasteiger partial charge in [0.2, 0.25) is 5.69 Å². The van der Waals surface area contributed by atoms with E-state index in [-0.39, 0.29) is 5.69 Å². The van der Waals surface area contributed by atoms with Crippen molar-refractivity contribution in [3.8, 4) is 11.4 Å². The number of para-hydroxylation sites is 1. The van der Waals surface area contributed by atoms with Crippen molar-refractivity contribution in [2.24, 2.45) is 0 Å². The summed E-state index contributed by atoms with van der Waals surface area (Å²) in [6.45, 7) is 3.03. The molecule has 2 aromatic carbocycles. The van der Waals surface area contributed by atoms with E-state index in [1.165, 1.54) is 12.1 Å². The van der Waals surface area contributed by atoms with Crippen LogP contribution in [0.3, 0.4) is 0 Å². The minimum absolute atomic E-state index is 0.378. The third-order valence-corrected chi connectivity index (χ3v) is 4.56. The topological polar surface area (TPSA) is 93.5 Å². The molecular formula is C21H18F3N3O4. The zero-order valence-electron chi connectivity index (χ0n) is 16.5. The van der Waals surface area contributed by atoms with Gasteiger partial charge in [-0.2, -0.15) is 18.3 Å². The standard InChI is InChI=1S/C21H18F3N3O4/c1-12-6-5-8-15(13(12)2)25-18(29)11-31-20(30)19-17(28)10-27(26-19)16-9-4-3-7-14(16)21(22,23)24/h3-10,28H,11H2,1-2H3,(H,25,29). The quantitative estimate of drug-likeness (QED) is 0.593. The number of alkyl halides is 3. The number of benzene rings is 2. The number of ether oxygens (including phenoxy) is 1. The molecule has 1 heterocycles. The van der Waals surface area contributed by atoms with Crippen molar-refractivity contribution in [3.05, 3.63) is 71.0 Å². The summed E-state index contributed by atoms with van der Waals surface area (Å²) in [7, 11) is 0. The van der Waals surface area contributed by atoms with Crippen molar-refractivity contribution in [3.63, 3.8) is 0 Å². The van der Waals surface area contributed by atoms with Crippen molar-refractivity contribution in [1.82, 2.24) is 9.78 Å². The number of hydrogen-bond donors (Lipinski definition) is 2. The normalized spacial score (nSPS) is 11.3. The van der Waals surface area contributed by atoms with E-state index in [0.29, 0.717) is 5.69 Å². The molecule has 0 aliphatic rings. The van der Waals surface area contributed by atoms with Crippen LogP contribution in [-0.2, 0) is 15.7 Å². The Kier molecular flexibility index (Phi) is 6.00. The number of aryl methyl sites for hydroxylation is 1. The van der Waals surface area contributed by atoms with Crippen molar-refractivity contribution in [2.45, 2.75) is 20.0 Å². The highest BCUT2D eigenvalue weighted by atomic mass is 19.4. The molecule has 0 fully saturated rings. The maximum Gasteiger partial charge on any atom is 0.418 e. The van der Waals surface area contributed by atoms with Crippen molar-refractivity contribution >= 4 is 17.6 Å². The summed E-state index contributed by atoms with van der Waals surface area (Å²) < 4.78 is 45.2. The Balaban J connectivity index is 1.72. The number of rotatable bonds is 5. The number of esters is 1. The number of aromatic nitrogens is 2. The lowest BCUT2D eigenvalue weighted by atomic mass is 10.1. The number of carbonyl (C=O) groups excluding carboxylic acids is 2. The Morgan fingerprint density at radius 3 is 2.55 bits per heavy atom. The van der Waals surface area contributed by atoms with E-state index in [9.17, 15) is 27.9 Å². The van der Waals surface area contributed by atoms with Crippen LogP contribution in [0.2, 0.25) is 0 Å². The first-order valence-electron chi connectivity index (χ1n) is 9.06. The minimum Gasteiger partial charge on any atom is -0.504 e. The first-order chi connectivity index (χ1) is 14.6. The van der Waals surface area contributed by atoms with Gasteiger partial charge in [-0.15, -0.1) is 0 Å². The Morgan fingerprint density at radius 2 is 1.84 bits per heavy atom. The van der Waals surface area contributed by atoms with E-state index < -0.39 is 41.7 Å². The molecule has 0 spiro atoms. The number of halogens is 3. The lowest BCUT2D eigenvalue weighted by Gasteiger charge is -2.12. The Bertz CT molecular complexity index is 1140. The van der Waals surface area contributed by atoms with Gasteiger partial charge in [0.05, 0.1) is 17.4 Å². The average molecular weight is 433 g/mol. The summed E-state index contributed by atoms with van der Waals surface area (Å²) in [5, 5.41) is 16.3. The van der Waals surface area contributed by atoms with E-state index in [1.54, 1.807) is 12.1 Å². The molecular weight excluding hydrogens is 415 g/mol. The summed E-state index contributed by atoms with van der Waals surface area (Å²) >= 11 is 0. The molecule has 0 aliphatic carbocycles. The van der Waals surface area contributed by atoms with E-state index in [0.717, 1.165) is 34.1 Å². The maximum atomic E-state index is 13.2. The lowest BCUT2D eigenvalue weighted by molar-refractivity contribution is -0.137. The number of nitrogens with one attached hydrogen (secondary N) is 1. The minimum atomic E-state index is -4.66. The van der Waals surface area contributed by atoms with E-state index in [2.05, 4.69) is 10.4 Å². The van der Waals surface area contributed by atoms with Crippen LogP contribution < -0.4 is 5.32 Å². The molecule has 3 rings (SSSR count). The molecule has 31 heavy (non-hydrogen) atoms. The molecule has 0 bridgehead atoms. The molecule has 1 amide bonds. The molecule has 0 aliphatic heterocycles. The molecule has 0 atom stereocenters. The zero-order chi connectivity index (χ0) is 22.8. The summed E-state index contributed by atoms with van der Waals surface area (Å²) in [5.41, 5.74) is 0.377. The summed E-state index contributed by atoms with van der Waals surface area (Å²) in [6, 6.07) is 9.88. The second-order valence-electron chi connectivity index (χ2n) is 6.69. The molecule has 2 N–H and O–H groups in total. The molecule has 0 unspecified atom stereocenters. The van der Waals surface area contributed by atoms with Gasteiger partial charge in [0, 0.05) is 5.69 Å². The van der Waals surface area contributed by atoms with Crippen molar-refractivity contribution < 1.29 is 32.6 Å². The maximum absolute atomic E-state index is 13.2. The zero-order valence-corrected chi connectivity index (χ0v) is 16.5. The molecule has 0 saturated carbocycles. The fraction of sp³-hybridized carbons (Fsp3) is 0.190. The monoisotopic (exact) mass is 433 g/mol. The van der Waals surface area contributed by atoms with Crippen LogP contribution in [0.5, 0.6) is 5.75 Å². The third kappa shape index (κ3) is 4.85. The molecule has 7 nitrogen and oxygen atoms in total. The van der Waals surface area contributed by atoms with Gasteiger partial charge < -0.3 is 15.2 Å². The third-order valence-electron chi connectivity index (χ3n) is 4.56. The van der Waals surface area contributed by atoms with E-state index >= 15 is 0 Å². The van der Waals surface area contributed by atoms with Gasteiger partial charge in [0.15, 0.2) is 12.4 Å². The first-order valence-corrected chi connectivity index (χ1v) is 9.06.